The summed E-state index contributed by atoms with van der Waals surface area (Å²) in [6.45, 7) is 0. The van der Waals surface area contributed by atoms with Crippen LogP contribution in [0, 0.1) is 0 Å². The molecule has 0 amide bonds. The summed E-state index contributed by atoms with van der Waals surface area (Å²) in [4.78, 5) is 0. The quantitative estimate of drug-likeness (QED) is 0.367. The van der Waals surface area contributed by atoms with Crippen LogP contribution in [0.2, 0.25) is 0 Å². The van der Waals surface area contributed by atoms with Crippen molar-refractivity contribution in [2.75, 3.05) is 5.88 Å². The largest absolute Gasteiger partial charge is 0.388 e. The Hall–Kier alpha value is 0.0900. The van der Waals surface area contributed by atoms with Crippen LogP contribution in [0.15, 0.2) is 0 Å². The van der Waals surface area contributed by atoms with Gasteiger partial charge in [-0.15, -0.1) is 11.6 Å². The molecule has 0 aromatic rings. The van der Waals surface area contributed by atoms with E-state index in [1.54, 1.807) is 0 Å². The van der Waals surface area contributed by atoms with Gasteiger partial charge in [0.2, 0.25) is 0 Å². The molecule has 1 saturated heterocycles. The highest BCUT2D eigenvalue weighted by Crippen LogP contribution is 2.20. The summed E-state index contributed by atoms with van der Waals surface area (Å²) in [6, 6.07) is 0. The van der Waals surface area contributed by atoms with Crippen molar-refractivity contribution in [2.45, 2.75) is 30.7 Å². The molecule has 1 aliphatic rings. The summed E-state index contributed by atoms with van der Waals surface area (Å²) in [5, 5.41) is 36.3. The van der Waals surface area contributed by atoms with E-state index in [1.807, 2.05) is 0 Å². The lowest BCUT2D eigenvalue weighted by molar-refractivity contribution is -0.276. The second-order valence-electron chi connectivity index (χ2n) is 2.69. The first-order valence-electron chi connectivity index (χ1n) is 3.51. The molecule has 1 fully saturated rings. The molecule has 0 spiro atoms. The zero-order chi connectivity index (χ0) is 9.30. The summed E-state index contributed by atoms with van der Waals surface area (Å²) in [6.07, 6.45) is -6.51. The molecule has 72 valence electrons. The number of ether oxygens (including phenoxy) is 1. The Labute approximate surface area is 74.2 Å². The van der Waals surface area contributed by atoms with E-state index >= 15 is 0 Å². The number of alkyl halides is 1. The first-order chi connectivity index (χ1) is 5.57. The number of hydrogen-bond acceptors (Lipinski definition) is 5. The van der Waals surface area contributed by atoms with Gasteiger partial charge in [0.1, 0.15) is 24.4 Å². The third-order valence-corrected chi connectivity index (χ3v) is 2.14. The molecule has 1 aliphatic heterocycles. The summed E-state index contributed by atoms with van der Waals surface area (Å²) < 4.78 is 4.69. The van der Waals surface area contributed by atoms with Crippen LogP contribution in [0.3, 0.4) is 0 Å². The van der Waals surface area contributed by atoms with E-state index < -0.39 is 30.7 Å². The summed E-state index contributed by atoms with van der Waals surface area (Å²) in [5.41, 5.74) is 0. The molecule has 1 heterocycles. The van der Waals surface area contributed by atoms with Gasteiger partial charge >= 0.3 is 0 Å². The average molecular weight is 199 g/mol. The van der Waals surface area contributed by atoms with Gasteiger partial charge in [-0.2, -0.15) is 0 Å². The van der Waals surface area contributed by atoms with Gasteiger partial charge in [-0.3, -0.25) is 0 Å². The van der Waals surface area contributed by atoms with Crippen LogP contribution in [-0.2, 0) is 4.74 Å². The van der Waals surface area contributed by atoms with Crippen LogP contribution in [0.4, 0.5) is 0 Å². The molecule has 5 nitrogen and oxygen atoms in total. The lowest BCUT2D eigenvalue weighted by Crippen LogP contribution is -2.57. The zero-order valence-electron chi connectivity index (χ0n) is 6.17. The molecule has 1 rings (SSSR count). The maximum atomic E-state index is 9.20. The normalized spacial score (nSPS) is 49.2. The van der Waals surface area contributed by atoms with E-state index in [0.29, 0.717) is 0 Å². The van der Waals surface area contributed by atoms with Gasteiger partial charge in [-0.05, 0) is 0 Å². The Kier molecular flexibility index (Phi) is 3.28. The Bertz CT molecular complexity index is 150. The van der Waals surface area contributed by atoms with E-state index in [9.17, 15) is 5.11 Å². The number of aliphatic hydroxyl groups is 4. The Morgan fingerprint density at radius 3 is 2.08 bits per heavy atom. The van der Waals surface area contributed by atoms with Gasteiger partial charge < -0.3 is 25.2 Å². The molecule has 0 aliphatic carbocycles. The third-order valence-electron chi connectivity index (χ3n) is 1.84. The van der Waals surface area contributed by atoms with Gasteiger partial charge in [0.25, 0.3) is 0 Å². The highest BCUT2D eigenvalue weighted by molar-refractivity contribution is 6.18. The lowest BCUT2D eigenvalue weighted by atomic mass is 10.0. The SMILES string of the molecule is OC1C(O)[C@@H](O)OC(CCl)[C@@H]1O. The summed E-state index contributed by atoms with van der Waals surface area (Å²) >= 11 is 5.36. The zero-order valence-corrected chi connectivity index (χ0v) is 6.92. The van der Waals surface area contributed by atoms with Crippen molar-refractivity contribution in [3.05, 3.63) is 0 Å². The maximum Gasteiger partial charge on any atom is 0.184 e. The van der Waals surface area contributed by atoms with E-state index in [1.165, 1.54) is 0 Å². The smallest absolute Gasteiger partial charge is 0.184 e. The molecular weight excluding hydrogens is 188 g/mol. The van der Waals surface area contributed by atoms with Crippen molar-refractivity contribution in [1.82, 2.24) is 0 Å². The predicted octanol–water partition coefficient (Wildman–Crippen LogP) is -1.97. The highest BCUT2D eigenvalue weighted by atomic mass is 35.5. The molecule has 0 radical (unpaired) electrons. The molecule has 4 N–H and O–H groups in total. The van der Waals surface area contributed by atoms with Crippen LogP contribution < -0.4 is 0 Å². The van der Waals surface area contributed by atoms with Crippen LogP contribution in [0.1, 0.15) is 0 Å². The highest BCUT2D eigenvalue weighted by Gasteiger charge is 2.42. The third kappa shape index (κ3) is 1.71. The summed E-state index contributed by atoms with van der Waals surface area (Å²) in [7, 11) is 0. The number of aliphatic hydroxyl groups excluding tert-OH is 4. The lowest BCUT2D eigenvalue weighted by Gasteiger charge is -2.37. The predicted molar refractivity (Wildman–Crippen MR) is 39.6 cm³/mol. The average Bonchev–Trinajstić information content (AvgIpc) is 2.08. The van der Waals surface area contributed by atoms with Gasteiger partial charge in [0, 0.05) is 0 Å². The Morgan fingerprint density at radius 2 is 1.58 bits per heavy atom. The minimum absolute atomic E-state index is 0.0536. The van der Waals surface area contributed by atoms with Crippen LogP contribution in [-0.4, -0.2) is 57.0 Å². The van der Waals surface area contributed by atoms with Crippen LogP contribution in [0.5, 0.6) is 0 Å². The molecule has 6 heteroatoms. The van der Waals surface area contributed by atoms with Crippen molar-refractivity contribution in [2.24, 2.45) is 0 Å². The van der Waals surface area contributed by atoms with E-state index in [4.69, 9.17) is 31.7 Å². The number of hydrogen-bond donors (Lipinski definition) is 4. The maximum absolute atomic E-state index is 9.20. The fourth-order valence-electron chi connectivity index (χ4n) is 1.06. The Morgan fingerprint density at radius 1 is 1.00 bits per heavy atom. The van der Waals surface area contributed by atoms with Crippen LogP contribution >= 0.6 is 11.6 Å². The fourth-order valence-corrected chi connectivity index (χ4v) is 1.31. The van der Waals surface area contributed by atoms with E-state index in [0.717, 1.165) is 0 Å². The minimum Gasteiger partial charge on any atom is -0.388 e. The second kappa shape index (κ2) is 3.87. The topological polar surface area (TPSA) is 90.2 Å². The molecule has 5 atom stereocenters. The molecular formula is C6H11ClO5. The van der Waals surface area contributed by atoms with Crippen molar-refractivity contribution in [1.29, 1.82) is 0 Å². The van der Waals surface area contributed by atoms with Gasteiger partial charge in [-0.1, -0.05) is 0 Å². The van der Waals surface area contributed by atoms with Crippen molar-refractivity contribution in [3.63, 3.8) is 0 Å². The molecule has 0 aromatic heterocycles. The van der Waals surface area contributed by atoms with Crippen molar-refractivity contribution >= 4 is 11.6 Å². The number of halogens is 1. The molecule has 0 saturated carbocycles. The minimum atomic E-state index is -1.49. The summed E-state index contributed by atoms with van der Waals surface area (Å²) in [5.74, 6) is -0.0536. The van der Waals surface area contributed by atoms with E-state index in [-0.39, 0.29) is 5.88 Å². The van der Waals surface area contributed by atoms with Crippen molar-refractivity contribution in [3.8, 4) is 0 Å². The van der Waals surface area contributed by atoms with Crippen molar-refractivity contribution < 1.29 is 25.2 Å². The monoisotopic (exact) mass is 198 g/mol. The number of rotatable bonds is 1. The van der Waals surface area contributed by atoms with Gasteiger partial charge in [0.05, 0.1) is 5.88 Å². The molecule has 3 unspecified atom stereocenters. The van der Waals surface area contributed by atoms with Crippen LogP contribution in [0.25, 0.3) is 0 Å². The first kappa shape index (κ1) is 10.2. The molecule has 0 aromatic carbocycles. The molecule has 12 heavy (non-hydrogen) atoms. The standard InChI is InChI=1S/C6H11ClO5/c7-1-2-3(8)4(9)5(10)6(11)12-2/h2-6,8-11H,1H2/t2?,3-,4?,5?,6-/m0/s1. The van der Waals surface area contributed by atoms with Gasteiger partial charge in [0.15, 0.2) is 6.29 Å². The van der Waals surface area contributed by atoms with E-state index in [2.05, 4.69) is 0 Å². The Balaban J connectivity index is 2.63. The fraction of sp³-hybridized carbons (Fsp3) is 1.00. The molecule has 0 bridgehead atoms. The van der Waals surface area contributed by atoms with Gasteiger partial charge in [-0.25, -0.2) is 0 Å². The second-order valence-corrected chi connectivity index (χ2v) is 3.00. The first-order valence-corrected chi connectivity index (χ1v) is 4.05.